The molecule has 0 spiro atoms. The summed E-state index contributed by atoms with van der Waals surface area (Å²) in [6.07, 6.45) is 2.12. The lowest BCUT2D eigenvalue weighted by atomic mass is 9.99. The average molecular weight is 237 g/mol. The highest BCUT2D eigenvalue weighted by Crippen LogP contribution is 2.37. The van der Waals surface area contributed by atoms with Crippen LogP contribution in [0.25, 0.3) is 0 Å². The standard InChI is InChI=1S/C12H19N3O2/c1-8-6-9(2)15(14-8)10-4-5-12(13,7-10)11(16)17-3/h6,10H,4-5,7,13H2,1-3H3. The number of aryl methyl sites for hydroxylation is 2. The van der Waals surface area contributed by atoms with Gasteiger partial charge in [0.2, 0.25) is 0 Å². The molecule has 1 saturated carbocycles. The van der Waals surface area contributed by atoms with E-state index >= 15 is 0 Å². The Hall–Kier alpha value is -1.36. The molecule has 0 aliphatic heterocycles. The first-order chi connectivity index (χ1) is 7.96. The van der Waals surface area contributed by atoms with Crippen LogP contribution in [0, 0.1) is 13.8 Å². The molecule has 0 aromatic carbocycles. The fourth-order valence-corrected chi connectivity index (χ4v) is 2.66. The normalized spacial score (nSPS) is 28.4. The van der Waals surface area contributed by atoms with Crippen LogP contribution in [0.1, 0.15) is 36.7 Å². The lowest BCUT2D eigenvalue weighted by molar-refractivity contribution is -0.146. The van der Waals surface area contributed by atoms with Gasteiger partial charge in [0.1, 0.15) is 5.54 Å². The highest BCUT2D eigenvalue weighted by Gasteiger charge is 2.44. The molecule has 2 atom stereocenters. The summed E-state index contributed by atoms with van der Waals surface area (Å²) < 4.78 is 6.74. The summed E-state index contributed by atoms with van der Waals surface area (Å²) in [5.41, 5.74) is 7.35. The molecule has 1 fully saturated rings. The summed E-state index contributed by atoms with van der Waals surface area (Å²) in [7, 11) is 1.38. The first-order valence-electron chi connectivity index (χ1n) is 5.86. The Balaban J connectivity index is 2.18. The van der Waals surface area contributed by atoms with Crippen molar-refractivity contribution in [1.29, 1.82) is 0 Å². The van der Waals surface area contributed by atoms with E-state index in [0.717, 1.165) is 17.8 Å². The summed E-state index contributed by atoms with van der Waals surface area (Å²) in [6, 6.07) is 2.24. The van der Waals surface area contributed by atoms with E-state index in [2.05, 4.69) is 5.10 Å². The molecule has 0 radical (unpaired) electrons. The van der Waals surface area contributed by atoms with Crippen molar-refractivity contribution in [3.63, 3.8) is 0 Å². The van der Waals surface area contributed by atoms with Crippen LogP contribution in [-0.4, -0.2) is 28.4 Å². The Morgan fingerprint density at radius 1 is 1.65 bits per heavy atom. The van der Waals surface area contributed by atoms with E-state index < -0.39 is 5.54 Å². The third kappa shape index (κ3) is 2.07. The molecular formula is C12H19N3O2. The van der Waals surface area contributed by atoms with Crippen molar-refractivity contribution in [1.82, 2.24) is 9.78 Å². The number of ether oxygens (including phenoxy) is 1. The molecule has 1 aliphatic carbocycles. The molecule has 94 valence electrons. The van der Waals surface area contributed by atoms with Gasteiger partial charge in [-0.05, 0) is 39.2 Å². The molecule has 2 unspecified atom stereocenters. The second-order valence-electron chi connectivity index (χ2n) is 4.92. The van der Waals surface area contributed by atoms with Crippen molar-refractivity contribution >= 4 is 5.97 Å². The quantitative estimate of drug-likeness (QED) is 0.782. The number of nitrogens with zero attached hydrogens (tertiary/aromatic N) is 2. The Bertz CT molecular complexity index is 441. The molecule has 1 aromatic heterocycles. The second-order valence-corrected chi connectivity index (χ2v) is 4.92. The van der Waals surface area contributed by atoms with Crippen LogP contribution in [0.4, 0.5) is 0 Å². The number of methoxy groups -OCH3 is 1. The van der Waals surface area contributed by atoms with Crippen molar-refractivity contribution in [2.24, 2.45) is 5.73 Å². The second kappa shape index (κ2) is 4.14. The summed E-state index contributed by atoms with van der Waals surface area (Å²) >= 11 is 0. The van der Waals surface area contributed by atoms with Crippen molar-refractivity contribution < 1.29 is 9.53 Å². The number of aromatic nitrogens is 2. The molecule has 5 nitrogen and oxygen atoms in total. The van der Waals surface area contributed by atoms with Crippen LogP contribution >= 0.6 is 0 Å². The molecule has 17 heavy (non-hydrogen) atoms. The van der Waals surface area contributed by atoms with Gasteiger partial charge in [-0.1, -0.05) is 0 Å². The third-order valence-corrected chi connectivity index (χ3v) is 3.51. The van der Waals surface area contributed by atoms with Gasteiger partial charge in [0.25, 0.3) is 0 Å². The number of carbonyl (C=O) groups excluding carboxylic acids is 1. The Morgan fingerprint density at radius 2 is 2.35 bits per heavy atom. The third-order valence-electron chi connectivity index (χ3n) is 3.51. The Morgan fingerprint density at radius 3 is 2.88 bits per heavy atom. The molecule has 0 bridgehead atoms. The van der Waals surface area contributed by atoms with Gasteiger partial charge in [-0.15, -0.1) is 0 Å². The lowest BCUT2D eigenvalue weighted by Crippen LogP contribution is -2.46. The minimum absolute atomic E-state index is 0.202. The number of nitrogens with two attached hydrogens (primary N) is 1. The number of esters is 1. The SMILES string of the molecule is COC(=O)C1(N)CCC(n2nc(C)cc2C)C1. The largest absolute Gasteiger partial charge is 0.468 e. The Kier molecular flexibility index (Phi) is 2.95. The smallest absolute Gasteiger partial charge is 0.325 e. The zero-order valence-electron chi connectivity index (χ0n) is 10.6. The highest BCUT2D eigenvalue weighted by molar-refractivity contribution is 5.80. The predicted molar refractivity (Wildman–Crippen MR) is 63.5 cm³/mol. The molecule has 2 rings (SSSR count). The number of hydrogen-bond acceptors (Lipinski definition) is 4. The van der Waals surface area contributed by atoms with Crippen molar-refractivity contribution in [3.05, 3.63) is 17.5 Å². The number of hydrogen-bond donors (Lipinski definition) is 1. The maximum Gasteiger partial charge on any atom is 0.325 e. The van der Waals surface area contributed by atoms with Crippen LogP contribution < -0.4 is 5.73 Å². The van der Waals surface area contributed by atoms with E-state index in [1.807, 2.05) is 24.6 Å². The first kappa shape index (κ1) is 12.1. The topological polar surface area (TPSA) is 70.1 Å². The number of rotatable bonds is 2. The van der Waals surface area contributed by atoms with Crippen LogP contribution in [-0.2, 0) is 9.53 Å². The molecule has 0 amide bonds. The molecular weight excluding hydrogens is 218 g/mol. The number of carbonyl (C=O) groups is 1. The van der Waals surface area contributed by atoms with E-state index in [1.165, 1.54) is 7.11 Å². The van der Waals surface area contributed by atoms with E-state index in [-0.39, 0.29) is 12.0 Å². The fourth-order valence-electron chi connectivity index (χ4n) is 2.66. The summed E-state index contributed by atoms with van der Waals surface area (Å²) in [5, 5.41) is 4.45. The van der Waals surface area contributed by atoms with E-state index in [9.17, 15) is 4.79 Å². The van der Waals surface area contributed by atoms with E-state index in [0.29, 0.717) is 12.8 Å². The molecule has 2 N–H and O–H groups in total. The Labute approximate surface area is 101 Å². The predicted octanol–water partition coefficient (Wildman–Crippen LogP) is 1.10. The minimum atomic E-state index is -0.842. The van der Waals surface area contributed by atoms with Crippen LogP contribution in [0.5, 0.6) is 0 Å². The summed E-state index contributed by atoms with van der Waals surface area (Å²) in [5.74, 6) is -0.318. The zero-order valence-corrected chi connectivity index (χ0v) is 10.6. The van der Waals surface area contributed by atoms with Gasteiger partial charge in [0.15, 0.2) is 0 Å². The van der Waals surface area contributed by atoms with Gasteiger partial charge in [-0.25, -0.2) is 0 Å². The van der Waals surface area contributed by atoms with Crippen LogP contribution in [0.15, 0.2) is 6.07 Å². The van der Waals surface area contributed by atoms with Gasteiger partial charge in [-0.2, -0.15) is 5.10 Å². The van der Waals surface area contributed by atoms with Gasteiger partial charge in [-0.3, -0.25) is 9.48 Å². The van der Waals surface area contributed by atoms with Crippen LogP contribution in [0.2, 0.25) is 0 Å². The minimum Gasteiger partial charge on any atom is -0.468 e. The maximum atomic E-state index is 11.6. The van der Waals surface area contributed by atoms with E-state index in [1.54, 1.807) is 0 Å². The first-order valence-corrected chi connectivity index (χ1v) is 5.86. The van der Waals surface area contributed by atoms with Crippen LogP contribution in [0.3, 0.4) is 0 Å². The maximum absolute atomic E-state index is 11.6. The lowest BCUT2D eigenvalue weighted by Gasteiger charge is -2.21. The average Bonchev–Trinajstić information content (AvgIpc) is 2.82. The summed E-state index contributed by atoms with van der Waals surface area (Å²) in [4.78, 5) is 11.6. The summed E-state index contributed by atoms with van der Waals surface area (Å²) in [6.45, 7) is 3.99. The highest BCUT2D eigenvalue weighted by atomic mass is 16.5. The van der Waals surface area contributed by atoms with Gasteiger partial charge in [0, 0.05) is 5.69 Å². The molecule has 1 heterocycles. The molecule has 1 aromatic rings. The molecule has 1 aliphatic rings. The van der Waals surface area contributed by atoms with Gasteiger partial charge < -0.3 is 10.5 Å². The molecule has 5 heteroatoms. The van der Waals surface area contributed by atoms with E-state index in [4.69, 9.17) is 10.5 Å². The van der Waals surface area contributed by atoms with Crippen molar-refractivity contribution in [2.75, 3.05) is 7.11 Å². The molecule has 0 saturated heterocycles. The van der Waals surface area contributed by atoms with Gasteiger partial charge >= 0.3 is 5.97 Å². The monoisotopic (exact) mass is 237 g/mol. The zero-order chi connectivity index (χ0) is 12.6. The van der Waals surface area contributed by atoms with Crippen molar-refractivity contribution in [2.45, 2.75) is 44.7 Å². The fraction of sp³-hybridized carbons (Fsp3) is 0.667. The van der Waals surface area contributed by atoms with Gasteiger partial charge in [0.05, 0.1) is 18.8 Å². The van der Waals surface area contributed by atoms with Crippen molar-refractivity contribution in [3.8, 4) is 0 Å².